The molecule has 9 nitrogen and oxygen atoms in total. The Kier molecular flexibility index (Phi) is 12.7. The fourth-order valence-electron chi connectivity index (χ4n) is 8.43. The molecule has 2 aromatic rings. The standard InChI is InChI=1S/C36H54N2O7/c1-35-11-9-31-30-8-6-29(40)24-27(30)5-7-32(31)33(35)25-36(26-39,34(35)41)12-16-42-18-20-44-22-23-45-21-19-43-17-15-37-14-10-28-4-2-3-13-38-28/h2-4,6,8,13,24,31-34,37,39-41H,5,7,9-12,14-23,25-26H2,1H3/t31-,32-,33+,34-,35+,36-/m1/s1. The number of nitrogens with one attached hydrogen (secondary N) is 1. The number of hydrogen-bond acceptors (Lipinski definition) is 9. The van der Waals surface area contributed by atoms with Crippen molar-refractivity contribution >= 4 is 0 Å². The molecule has 0 spiro atoms. The molecule has 2 saturated carbocycles. The number of phenols is 1. The number of aliphatic hydroxyl groups is 2. The van der Waals surface area contributed by atoms with E-state index in [2.05, 4.69) is 23.3 Å². The van der Waals surface area contributed by atoms with Crippen molar-refractivity contribution in [3.05, 3.63) is 59.4 Å². The third-order valence-corrected chi connectivity index (χ3v) is 10.9. The van der Waals surface area contributed by atoms with Crippen molar-refractivity contribution in [1.82, 2.24) is 10.3 Å². The molecule has 1 heterocycles. The minimum absolute atomic E-state index is 0.0223. The molecular weight excluding hydrogens is 572 g/mol. The summed E-state index contributed by atoms with van der Waals surface area (Å²) in [5.41, 5.74) is 3.02. The lowest BCUT2D eigenvalue weighted by Crippen LogP contribution is -2.46. The summed E-state index contributed by atoms with van der Waals surface area (Å²) >= 11 is 0. The van der Waals surface area contributed by atoms with Crippen LogP contribution < -0.4 is 5.32 Å². The fraction of sp³-hybridized carbons (Fsp3) is 0.694. The highest BCUT2D eigenvalue weighted by Crippen LogP contribution is 2.66. The number of hydrogen-bond donors (Lipinski definition) is 4. The third-order valence-electron chi connectivity index (χ3n) is 10.9. The molecule has 0 saturated heterocycles. The van der Waals surface area contributed by atoms with Crippen LogP contribution in [0.1, 0.15) is 61.8 Å². The molecule has 3 aliphatic carbocycles. The molecule has 6 atom stereocenters. The van der Waals surface area contributed by atoms with E-state index in [-0.39, 0.29) is 12.0 Å². The van der Waals surface area contributed by atoms with Crippen LogP contribution in [0.2, 0.25) is 0 Å². The SMILES string of the molecule is C[C@]12CC[C@@H]3c4ccc(O)cc4CC[C@H]3[C@@H]1C[C@@](CO)(CCOCCOCCOCCOCCNCCc1ccccn1)[C@@H]2O. The van der Waals surface area contributed by atoms with Crippen LogP contribution in [0, 0.1) is 22.7 Å². The minimum atomic E-state index is -0.545. The van der Waals surface area contributed by atoms with Crippen LogP contribution in [0.5, 0.6) is 5.75 Å². The van der Waals surface area contributed by atoms with E-state index in [0.717, 1.165) is 57.3 Å². The van der Waals surface area contributed by atoms with Gasteiger partial charge in [0.25, 0.3) is 0 Å². The highest BCUT2D eigenvalue weighted by Gasteiger charge is 2.63. The number of benzene rings is 1. The van der Waals surface area contributed by atoms with Gasteiger partial charge in [0, 0.05) is 43.4 Å². The van der Waals surface area contributed by atoms with Gasteiger partial charge in [0.15, 0.2) is 0 Å². The molecule has 1 aromatic carbocycles. The number of aromatic nitrogens is 1. The summed E-state index contributed by atoms with van der Waals surface area (Å²) in [5, 5.41) is 35.6. The van der Waals surface area contributed by atoms with Gasteiger partial charge in [-0.3, -0.25) is 4.98 Å². The zero-order valence-electron chi connectivity index (χ0n) is 27.0. The lowest BCUT2D eigenvalue weighted by atomic mass is 9.55. The molecule has 0 radical (unpaired) electrons. The highest BCUT2D eigenvalue weighted by molar-refractivity contribution is 5.40. The van der Waals surface area contributed by atoms with E-state index in [1.807, 2.05) is 36.5 Å². The van der Waals surface area contributed by atoms with E-state index >= 15 is 0 Å². The molecule has 45 heavy (non-hydrogen) atoms. The van der Waals surface area contributed by atoms with Gasteiger partial charge in [-0.05, 0) is 97.1 Å². The normalized spacial score (nSPS) is 28.9. The van der Waals surface area contributed by atoms with Gasteiger partial charge >= 0.3 is 0 Å². The van der Waals surface area contributed by atoms with Crippen molar-refractivity contribution in [1.29, 1.82) is 0 Å². The van der Waals surface area contributed by atoms with Crippen molar-refractivity contribution in [2.45, 2.75) is 63.9 Å². The number of ether oxygens (including phenoxy) is 4. The third kappa shape index (κ3) is 8.44. The number of fused-ring (bicyclic) bond motifs is 5. The molecule has 0 aliphatic heterocycles. The van der Waals surface area contributed by atoms with Crippen LogP contribution in [-0.4, -0.2) is 99.0 Å². The van der Waals surface area contributed by atoms with Gasteiger partial charge in [-0.15, -0.1) is 0 Å². The van der Waals surface area contributed by atoms with Gasteiger partial charge in [0.1, 0.15) is 5.75 Å². The second-order valence-corrected chi connectivity index (χ2v) is 13.5. The summed E-state index contributed by atoms with van der Waals surface area (Å²) in [5.74, 6) is 1.68. The maximum Gasteiger partial charge on any atom is 0.115 e. The van der Waals surface area contributed by atoms with Gasteiger partial charge in [-0.25, -0.2) is 0 Å². The van der Waals surface area contributed by atoms with E-state index in [0.29, 0.717) is 82.8 Å². The van der Waals surface area contributed by atoms with Crippen molar-refractivity contribution in [3.63, 3.8) is 0 Å². The lowest BCUT2D eigenvalue weighted by molar-refractivity contribution is -0.0793. The van der Waals surface area contributed by atoms with Gasteiger partial charge in [-0.2, -0.15) is 0 Å². The number of pyridine rings is 1. The summed E-state index contributed by atoms with van der Waals surface area (Å²) < 4.78 is 22.7. The van der Waals surface area contributed by atoms with E-state index < -0.39 is 11.5 Å². The Morgan fingerprint density at radius 2 is 1.64 bits per heavy atom. The van der Waals surface area contributed by atoms with Crippen molar-refractivity contribution in [3.8, 4) is 5.75 Å². The Hall–Kier alpha value is -2.11. The van der Waals surface area contributed by atoms with E-state index in [1.165, 1.54) is 11.1 Å². The number of phenolic OH excluding ortho intramolecular Hbond substituents is 1. The first kappa shape index (κ1) is 34.2. The van der Waals surface area contributed by atoms with E-state index in [9.17, 15) is 15.3 Å². The maximum absolute atomic E-state index is 11.7. The molecule has 0 bridgehead atoms. The molecule has 4 N–H and O–H groups in total. The first-order chi connectivity index (χ1) is 22.0. The van der Waals surface area contributed by atoms with Crippen LogP contribution in [0.4, 0.5) is 0 Å². The van der Waals surface area contributed by atoms with Crippen LogP contribution in [0.3, 0.4) is 0 Å². The molecule has 3 aliphatic rings. The Morgan fingerprint density at radius 1 is 0.911 bits per heavy atom. The summed E-state index contributed by atoms with van der Waals surface area (Å²) in [6.07, 6.45) is 7.70. The van der Waals surface area contributed by atoms with E-state index in [4.69, 9.17) is 18.9 Å². The van der Waals surface area contributed by atoms with Crippen LogP contribution in [-0.2, 0) is 31.8 Å². The molecule has 5 rings (SSSR count). The molecule has 0 unspecified atom stereocenters. The smallest absolute Gasteiger partial charge is 0.115 e. The first-order valence-electron chi connectivity index (χ1n) is 17.0. The summed E-state index contributed by atoms with van der Waals surface area (Å²) in [7, 11) is 0. The van der Waals surface area contributed by atoms with Gasteiger partial charge in [0.2, 0.25) is 0 Å². The van der Waals surface area contributed by atoms with Crippen LogP contribution >= 0.6 is 0 Å². The Labute approximate surface area is 268 Å². The van der Waals surface area contributed by atoms with Gasteiger partial charge < -0.3 is 39.6 Å². The second-order valence-electron chi connectivity index (χ2n) is 13.5. The fourth-order valence-corrected chi connectivity index (χ4v) is 8.43. The van der Waals surface area contributed by atoms with Crippen LogP contribution in [0.25, 0.3) is 0 Å². The monoisotopic (exact) mass is 626 g/mol. The number of aromatic hydroxyl groups is 1. The average molecular weight is 627 g/mol. The average Bonchev–Trinajstić information content (AvgIpc) is 3.29. The second kappa shape index (κ2) is 16.6. The zero-order chi connectivity index (χ0) is 31.5. The Morgan fingerprint density at radius 3 is 2.36 bits per heavy atom. The molecule has 0 amide bonds. The molecule has 250 valence electrons. The number of nitrogens with zero attached hydrogens (tertiary/aromatic N) is 1. The van der Waals surface area contributed by atoms with Gasteiger partial charge in [-0.1, -0.05) is 19.1 Å². The predicted molar refractivity (Wildman–Crippen MR) is 172 cm³/mol. The quantitative estimate of drug-likeness (QED) is 0.172. The Bertz CT molecular complexity index is 1170. The molecule has 9 heteroatoms. The molecule has 1 aromatic heterocycles. The van der Waals surface area contributed by atoms with Crippen molar-refractivity contribution in [2.75, 3.05) is 72.6 Å². The molecule has 2 fully saturated rings. The summed E-state index contributed by atoms with van der Waals surface area (Å²) in [6.45, 7) is 8.12. The summed E-state index contributed by atoms with van der Waals surface area (Å²) in [4.78, 5) is 4.31. The number of aryl methyl sites for hydroxylation is 1. The lowest BCUT2D eigenvalue weighted by Gasteiger charge is -2.50. The first-order valence-corrected chi connectivity index (χ1v) is 17.0. The largest absolute Gasteiger partial charge is 0.508 e. The molecular formula is C36H54N2O7. The zero-order valence-corrected chi connectivity index (χ0v) is 27.0. The topological polar surface area (TPSA) is 123 Å². The minimum Gasteiger partial charge on any atom is -0.508 e. The number of rotatable bonds is 19. The maximum atomic E-state index is 11.7. The summed E-state index contributed by atoms with van der Waals surface area (Å²) in [6, 6.07) is 11.8. The van der Waals surface area contributed by atoms with Gasteiger partial charge in [0.05, 0.1) is 59.0 Å². The van der Waals surface area contributed by atoms with E-state index in [1.54, 1.807) is 0 Å². The highest BCUT2D eigenvalue weighted by atomic mass is 16.6. The van der Waals surface area contributed by atoms with Crippen molar-refractivity contribution < 1.29 is 34.3 Å². The predicted octanol–water partition coefficient (Wildman–Crippen LogP) is 3.88. The van der Waals surface area contributed by atoms with Crippen LogP contribution in [0.15, 0.2) is 42.6 Å². The van der Waals surface area contributed by atoms with Crippen molar-refractivity contribution in [2.24, 2.45) is 22.7 Å². The Balaban J connectivity index is 0.907. The number of aliphatic hydroxyl groups excluding tert-OH is 2.